The SMILES string of the molecule is COc1ccc(C(=O)CN2C(=O)NC(C)(c3ccccc3)C2=O)cc1F. The number of halogens is 1. The molecule has 1 N–H and O–H groups in total. The molecule has 1 unspecified atom stereocenters. The fraction of sp³-hybridized carbons (Fsp3) is 0.211. The van der Waals surface area contributed by atoms with Crippen LogP contribution in [0.3, 0.4) is 0 Å². The van der Waals surface area contributed by atoms with Gasteiger partial charge in [0.1, 0.15) is 5.54 Å². The first-order chi connectivity index (χ1) is 12.4. The predicted molar refractivity (Wildman–Crippen MR) is 91.3 cm³/mol. The Morgan fingerprint density at radius 1 is 1.19 bits per heavy atom. The van der Waals surface area contributed by atoms with Crippen LogP contribution in [0.1, 0.15) is 22.8 Å². The molecule has 2 aromatic rings. The van der Waals surface area contributed by atoms with Crippen molar-refractivity contribution in [1.29, 1.82) is 0 Å². The van der Waals surface area contributed by atoms with Crippen molar-refractivity contribution in [2.45, 2.75) is 12.5 Å². The lowest BCUT2D eigenvalue weighted by molar-refractivity contribution is -0.130. The first-order valence-corrected chi connectivity index (χ1v) is 7.93. The first-order valence-electron chi connectivity index (χ1n) is 7.93. The van der Waals surface area contributed by atoms with E-state index in [1.165, 1.54) is 19.2 Å². The predicted octanol–water partition coefficient (Wildman–Crippen LogP) is 2.48. The molecule has 3 amide bonds. The van der Waals surface area contributed by atoms with E-state index in [9.17, 15) is 18.8 Å². The molecule has 1 heterocycles. The van der Waals surface area contributed by atoms with Crippen LogP contribution in [0.2, 0.25) is 0 Å². The lowest BCUT2D eigenvalue weighted by Gasteiger charge is -2.22. The van der Waals surface area contributed by atoms with Crippen LogP contribution in [0, 0.1) is 5.82 Å². The number of nitrogens with one attached hydrogen (secondary N) is 1. The summed E-state index contributed by atoms with van der Waals surface area (Å²) in [6, 6.07) is 11.8. The molecule has 0 saturated carbocycles. The Morgan fingerprint density at radius 3 is 2.50 bits per heavy atom. The molecule has 0 aromatic heterocycles. The third-order valence-electron chi connectivity index (χ3n) is 4.40. The molecule has 1 fully saturated rings. The summed E-state index contributed by atoms with van der Waals surface area (Å²) in [6.07, 6.45) is 0. The Hall–Kier alpha value is -3.22. The number of nitrogens with zero attached hydrogens (tertiary/aromatic N) is 1. The molecular formula is C19H17FN2O4. The Bertz CT molecular complexity index is 884. The molecule has 26 heavy (non-hydrogen) atoms. The molecule has 1 saturated heterocycles. The van der Waals surface area contributed by atoms with E-state index in [4.69, 9.17) is 4.74 Å². The number of Topliss-reactive ketones (excluding diaryl/α,β-unsaturated/α-hetero) is 1. The number of ether oxygens (including phenoxy) is 1. The summed E-state index contributed by atoms with van der Waals surface area (Å²) in [4.78, 5) is 38.3. The second-order valence-electron chi connectivity index (χ2n) is 6.08. The average molecular weight is 356 g/mol. The summed E-state index contributed by atoms with van der Waals surface area (Å²) >= 11 is 0. The molecule has 0 spiro atoms. The summed E-state index contributed by atoms with van der Waals surface area (Å²) in [6.45, 7) is 1.11. The van der Waals surface area contributed by atoms with Crippen molar-refractivity contribution in [2.75, 3.05) is 13.7 Å². The number of hydrogen-bond acceptors (Lipinski definition) is 4. The smallest absolute Gasteiger partial charge is 0.325 e. The van der Waals surface area contributed by atoms with Crippen molar-refractivity contribution in [3.63, 3.8) is 0 Å². The molecule has 7 heteroatoms. The minimum Gasteiger partial charge on any atom is -0.494 e. The van der Waals surface area contributed by atoms with Gasteiger partial charge in [-0.1, -0.05) is 30.3 Å². The topological polar surface area (TPSA) is 75.7 Å². The van der Waals surface area contributed by atoms with Gasteiger partial charge in [0.25, 0.3) is 5.91 Å². The third kappa shape index (κ3) is 2.92. The van der Waals surface area contributed by atoms with Gasteiger partial charge in [-0.15, -0.1) is 0 Å². The van der Waals surface area contributed by atoms with Crippen LogP contribution in [-0.4, -0.2) is 36.3 Å². The standard InChI is InChI=1S/C19H17FN2O4/c1-19(13-6-4-3-5-7-13)17(24)22(18(25)21-19)11-15(23)12-8-9-16(26-2)14(20)10-12/h3-10H,11H2,1-2H3,(H,21,25). The molecule has 2 aromatic carbocycles. The highest BCUT2D eigenvalue weighted by atomic mass is 19.1. The van der Waals surface area contributed by atoms with Crippen molar-refractivity contribution in [3.05, 3.63) is 65.5 Å². The Balaban J connectivity index is 1.82. The highest BCUT2D eigenvalue weighted by Crippen LogP contribution is 2.29. The van der Waals surface area contributed by atoms with Crippen molar-refractivity contribution < 1.29 is 23.5 Å². The van der Waals surface area contributed by atoms with Crippen LogP contribution < -0.4 is 10.1 Å². The molecule has 0 radical (unpaired) electrons. The van der Waals surface area contributed by atoms with Crippen LogP contribution in [-0.2, 0) is 10.3 Å². The zero-order chi connectivity index (χ0) is 18.9. The van der Waals surface area contributed by atoms with Crippen molar-refractivity contribution in [1.82, 2.24) is 10.2 Å². The number of carbonyl (C=O) groups is 3. The molecular weight excluding hydrogens is 339 g/mol. The van der Waals surface area contributed by atoms with Gasteiger partial charge in [-0.2, -0.15) is 0 Å². The van der Waals surface area contributed by atoms with E-state index in [1.54, 1.807) is 37.3 Å². The zero-order valence-corrected chi connectivity index (χ0v) is 14.3. The molecule has 1 aliphatic heterocycles. The van der Waals surface area contributed by atoms with Crippen LogP contribution in [0.5, 0.6) is 5.75 Å². The largest absolute Gasteiger partial charge is 0.494 e. The number of urea groups is 1. The van der Waals surface area contributed by atoms with E-state index >= 15 is 0 Å². The number of amides is 3. The van der Waals surface area contributed by atoms with Gasteiger partial charge in [-0.25, -0.2) is 9.18 Å². The molecule has 1 atom stereocenters. The molecule has 6 nitrogen and oxygen atoms in total. The van der Waals surface area contributed by atoms with Crippen molar-refractivity contribution in [2.24, 2.45) is 0 Å². The van der Waals surface area contributed by atoms with Crippen molar-refractivity contribution in [3.8, 4) is 5.75 Å². The lowest BCUT2D eigenvalue weighted by atomic mass is 9.92. The normalized spacial score (nSPS) is 19.4. The number of hydrogen-bond donors (Lipinski definition) is 1. The quantitative estimate of drug-likeness (QED) is 0.660. The maximum Gasteiger partial charge on any atom is 0.325 e. The van der Waals surface area contributed by atoms with Gasteiger partial charge in [0.2, 0.25) is 0 Å². The summed E-state index contributed by atoms with van der Waals surface area (Å²) in [5.41, 5.74) is -0.579. The van der Waals surface area contributed by atoms with Crippen LogP contribution >= 0.6 is 0 Å². The van der Waals surface area contributed by atoms with E-state index in [0.29, 0.717) is 5.56 Å². The second-order valence-corrected chi connectivity index (χ2v) is 6.08. The number of imide groups is 1. The highest BCUT2D eigenvalue weighted by Gasteiger charge is 2.49. The number of benzene rings is 2. The van der Waals surface area contributed by atoms with E-state index in [2.05, 4.69) is 5.32 Å². The minimum atomic E-state index is -1.25. The van der Waals surface area contributed by atoms with E-state index in [0.717, 1.165) is 11.0 Å². The molecule has 0 bridgehead atoms. The van der Waals surface area contributed by atoms with Gasteiger partial charge < -0.3 is 10.1 Å². The number of carbonyl (C=O) groups excluding carboxylic acids is 3. The molecule has 1 aliphatic rings. The number of rotatable bonds is 5. The van der Waals surface area contributed by atoms with Crippen LogP contribution in [0.25, 0.3) is 0 Å². The zero-order valence-electron chi connectivity index (χ0n) is 14.3. The van der Waals surface area contributed by atoms with Gasteiger partial charge in [0.15, 0.2) is 17.3 Å². The molecule has 3 rings (SSSR count). The van der Waals surface area contributed by atoms with E-state index in [-0.39, 0.29) is 11.3 Å². The van der Waals surface area contributed by atoms with Gasteiger partial charge in [-0.3, -0.25) is 14.5 Å². The van der Waals surface area contributed by atoms with E-state index in [1.807, 2.05) is 0 Å². The number of methoxy groups -OCH3 is 1. The Labute approximate surface area is 149 Å². The monoisotopic (exact) mass is 356 g/mol. The molecule has 0 aliphatic carbocycles. The second kappa shape index (κ2) is 6.59. The lowest BCUT2D eigenvalue weighted by Crippen LogP contribution is -2.41. The maximum atomic E-state index is 13.8. The highest BCUT2D eigenvalue weighted by molar-refractivity contribution is 6.11. The minimum absolute atomic E-state index is 0.00759. The average Bonchev–Trinajstić information content (AvgIpc) is 2.86. The van der Waals surface area contributed by atoms with Crippen LogP contribution in [0.4, 0.5) is 9.18 Å². The van der Waals surface area contributed by atoms with Crippen molar-refractivity contribution >= 4 is 17.7 Å². The summed E-state index contributed by atoms with van der Waals surface area (Å²) in [5, 5.41) is 2.62. The van der Waals surface area contributed by atoms with Gasteiger partial charge >= 0.3 is 6.03 Å². The molecule has 134 valence electrons. The van der Waals surface area contributed by atoms with Gasteiger partial charge in [0, 0.05) is 5.56 Å². The third-order valence-corrected chi connectivity index (χ3v) is 4.40. The summed E-state index contributed by atoms with van der Waals surface area (Å²) in [7, 11) is 1.32. The number of ketones is 1. The fourth-order valence-electron chi connectivity index (χ4n) is 2.88. The van der Waals surface area contributed by atoms with Gasteiger partial charge in [0.05, 0.1) is 13.7 Å². The maximum absolute atomic E-state index is 13.8. The Kier molecular flexibility index (Phi) is 4.46. The summed E-state index contributed by atoms with van der Waals surface area (Å²) in [5.74, 6) is -1.76. The fourth-order valence-corrected chi connectivity index (χ4v) is 2.88. The Morgan fingerprint density at radius 2 is 1.88 bits per heavy atom. The summed E-state index contributed by atoms with van der Waals surface area (Å²) < 4.78 is 18.6. The van der Waals surface area contributed by atoms with Crippen LogP contribution in [0.15, 0.2) is 48.5 Å². The first kappa shape index (κ1) is 17.6. The van der Waals surface area contributed by atoms with Gasteiger partial charge in [-0.05, 0) is 30.7 Å². The van der Waals surface area contributed by atoms with E-state index < -0.39 is 35.6 Å².